The number of aliphatic hydroxyl groups is 1. The zero-order valence-corrected chi connectivity index (χ0v) is 12.8. The van der Waals surface area contributed by atoms with Gasteiger partial charge in [-0.2, -0.15) is 0 Å². The van der Waals surface area contributed by atoms with Crippen molar-refractivity contribution in [1.82, 2.24) is 5.32 Å². The van der Waals surface area contributed by atoms with Crippen molar-refractivity contribution in [2.75, 3.05) is 7.05 Å². The molecule has 4 aliphatic carbocycles. The lowest BCUT2D eigenvalue weighted by atomic mass is 9.48. The van der Waals surface area contributed by atoms with E-state index in [1.807, 2.05) is 27.8 Å². The van der Waals surface area contributed by atoms with Crippen molar-refractivity contribution in [2.45, 2.75) is 70.3 Å². The third-order valence-corrected chi connectivity index (χ3v) is 5.80. The largest absolute Gasteiger partial charge is 0.366 e. The average Bonchev–Trinajstić information content (AvgIpc) is 2.26. The van der Waals surface area contributed by atoms with E-state index in [1.165, 1.54) is 32.1 Å². The van der Waals surface area contributed by atoms with Crippen LogP contribution in [0.3, 0.4) is 0 Å². The first kappa shape index (κ1) is 13.8. The quantitative estimate of drug-likeness (QED) is 0.772. The normalized spacial score (nSPS) is 46.6. The zero-order valence-electron chi connectivity index (χ0n) is 12.8. The number of rotatable bonds is 3. The minimum absolute atomic E-state index is 0.208. The second-order valence-electron chi connectivity index (χ2n) is 8.07. The number of ether oxygens (including phenoxy) is 1. The van der Waals surface area contributed by atoms with Crippen LogP contribution in [-0.4, -0.2) is 29.6 Å². The molecular weight excluding hydrogens is 238 g/mol. The summed E-state index contributed by atoms with van der Waals surface area (Å²) in [6.07, 6.45) is 5.85. The van der Waals surface area contributed by atoms with Gasteiger partial charge in [0.15, 0.2) is 6.29 Å². The van der Waals surface area contributed by atoms with Crippen LogP contribution in [0.2, 0.25) is 0 Å². The van der Waals surface area contributed by atoms with Gasteiger partial charge in [-0.15, -0.1) is 0 Å². The lowest BCUT2D eigenvalue weighted by Gasteiger charge is -2.62. The number of likely N-dealkylation sites (N-methyl/N-ethyl adjacent to an activating group) is 1. The molecule has 0 aromatic rings. The summed E-state index contributed by atoms with van der Waals surface area (Å²) < 4.78 is 5.95. The van der Waals surface area contributed by atoms with E-state index in [9.17, 15) is 5.11 Å². The van der Waals surface area contributed by atoms with Crippen molar-refractivity contribution in [3.05, 3.63) is 0 Å². The molecular formula is C16H29NO2. The number of nitrogens with one attached hydrogen (secondary N) is 1. The second-order valence-corrected chi connectivity index (χ2v) is 8.07. The molecule has 3 nitrogen and oxygen atoms in total. The van der Waals surface area contributed by atoms with E-state index in [1.54, 1.807) is 0 Å². The highest BCUT2D eigenvalue weighted by molar-refractivity contribution is 5.12. The van der Waals surface area contributed by atoms with Gasteiger partial charge in [0.25, 0.3) is 0 Å². The third-order valence-electron chi connectivity index (χ3n) is 5.80. The van der Waals surface area contributed by atoms with E-state index in [0.717, 1.165) is 11.8 Å². The van der Waals surface area contributed by atoms with Crippen LogP contribution >= 0.6 is 0 Å². The fourth-order valence-corrected chi connectivity index (χ4v) is 5.33. The van der Waals surface area contributed by atoms with Crippen LogP contribution in [0.25, 0.3) is 0 Å². The molecule has 110 valence electrons. The Labute approximate surface area is 117 Å². The molecule has 1 unspecified atom stereocenters. The maximum atomic E-state index is 10.8. The molecule has 4 rings (SSSR count). The van der Waals surface area contributed by atoms with Gasteiger partial charge in [-0.25, -0.2) is 0 Å². The molecule has 2 N–H and O–H groups in total. The fourth-order valence-electron chi connectivity index (χ4n) is 5.33. The summed E-state index contributed by atoms with van der Waals surface area (Å²) in [5.74, 6) is 2.99. The molecule has 0 radical (unpaired) electrons. The summed E-state index contributed by atoms with van der Waals surface area (Å²) in [4.78, 5) is 0. The Balaban J connectivity index is 1.86. The molecule has 1 atom stereocenters. The summed E-state index contributed by atoms with van der Waals surface area (Å²) in [6.45, 7) is 6.07. The SMILES string of the molecule is CNC1(C(O)OC(C)(C)C)C2CC3CC(C2)CC1C3. The molecule has 4 saturated carbocycles. The summed E-state index contributed by atoms with van der Waals surface area (Å²) in [7, 11) is 2.01. The third kappa shape index (κ3) is 2.14. The Morgan fingerprint density at radius 3 is 1.89 bits per heavy atom. The van der Waals surface area contributed by atoms with Crippen molar-refractivity contribution in [3.63, 3.8) is 0 Å². The molecule has 0 heterocycles. The smallest absolute Gasteiger partial charge is 0.174 e. The molecule has 0 amide bonds. The first-order valence-electron chi connectivity index (χ1n) is 7.90. The lowest BCUT2D eigenvalue weighted by molar-refractivity contribution is -0.253. The molecule has 4 aliphatic rings. The van der Waals surface area contributed by atoms with Crippen LogP contribution in [0.4, 0.5) is 0 Å². The van der Waals surface area contributed by atoms with Crippen LogP contribution < -0.4 is 5.32 Å². The van der Waals surface area contributed by atoms with Gasteiger partial charge in [0.05, 0.1) is 11.1 Å². The van der Waals surface area contributed by atoms with E-state index in [-0.39, 0.29) is 11.1 Å². The highest BCUT2D eigenvalue weighted by atomic mass is 16.6. The number of hydrogen-bond donors (Lipinski definition) is 2. The molecule has 4 bridgehead atoms. The first-order chi connectivity index (χ1) is 8.85. The van der Waals surface area contributed by atoms with Crippen molar-refractivity contribution in [2.24, 2.45) is 23.7 Å². The van der Waals surface area contributed by atoms with Gasteiger partial charge in [-0.05, 0) is 83.6 Å². The van der Waals surface area contributed by atoms with Crippen molar-refractivity contribution in [1.29, 1.82) is 0 Å². The van der Waals surface area contributed by atoms with E-state index in [0.29, 0.717) is 11.8 Å². The molecule has 0 aromatic heterocycles. The van der Waals surface area contributed by atoms with Gasteiger partial charge in [-0.3, -0.25) is 0 Å². The second kappa shape index (κ2) is 4.44. The highest BCUT2D eigenvalue weighted by Crippen LogP contribution is 2.59. The molecule has 4 fully saturated rings. The van der Waals surface area contributed by atoms with Crippen LogP contribution in [0.5, 0.6) is 0 Å². The van der Waals surface area contributed by atoms with Gasteiger partial charge >= 0.3 is 0 Å². The molecule has 19 heavy (non-hydrogen) atoms. The van der Waals surface area contributed by atoms with Crippen molar-refractivity contribution < 1.29 is 9.84 Å². The lowest BCUT2D eigenvalue weighted by Crippen LogP contribution is -2.70. The Bertz CT molecular complexity index is 319. The van der Waals surface area contributed by atoms with E-state index in [4.69, 9.17) is 4.74 Å². The standard InChI is InChI=1S/C16H29NO2/c1-15(2,3)19-14(18)16(17-4)12-6-10-5-11(8-12)9-13(16)7-10/h10-14,17-18H,5-9H2,1-4H3. The van der Waals surface area contributed by atoms with Gasteiger partial charge in [-0.1, -0.05) is 0 Å². The van der Waals surface area contributed by atoms with Crippen LogP contribution in [-0.2, 0) is 4.74 Å². The Hall–Kier alpha value is -0.120. The van der Waals surface area contributed by atoms with E-state index >= 15 is 0 Å². The average molecular weight is 267 g/mol. The van der Waals surface area contributed by atoms with E-state index < -0.39 is 6.29 Å². The highest BCUT2D eigenvalue weighted by Gasteiger charge is 2.60. The first-order valence-corrected chi connectivity index (χ1v) is 7.90. The van der Waals surface area contributed by atoms with Crippen molar-refractivity contribution in [3.8, 4) is 0 Å². The van der Waals surface area contributed by atoms with Gasteiger partial charge in [0.2, 0.25) is 0 Å². The molecule has 0 aromatic carbocycles. The van der Waals surface area contributed by atoms with Gasteiger partial charge < -0.3 is 15.2 Å². The van der Waals surface area contributed by atoms with Crippen LogP contribution in [0, 0.1) is 23.7 Å². The monoisotopic (exact) mass is 267 g/mol. The Morgan fingerprint density at radius 1 is 1.05 bits per heavy atom. The molecule has 3 heteroatoms. The maximum absolute atomic E-state index is 10.8. The number of hydrogen-bond acceptors (Lipinski definition) is 3. The summed E-state index contributed by atoms with van der Waals surface area (Å²) in [6, 6.07) is 0. The molecule has 0 aliphatic heterocycles. The van der Waals surface area contributed by atoms with Gasteiger partial charge in [0.1, 0.15) is 0 Å². The Kier molecular flexibility index (Phi) is 3.23. The zero-order chi connectivity index (χ0) is 13.8. The predicted molar refractivity (Wildman–Crippen MR) is 75.7 cm³/mol. The summed E-state index contributed by atoms with van der Waals surface area (Å²) in [5, 5.41) is 14.3. The topological polar surface area (TPSA) is 41.5 Å². The predicted octanol–water partition coefficient (Wildman–Crippen LogP) is 2.53. The van der Waals surface area contributed by atoms with E-state index in [2.05, 4.69) is 5.32 Å². The van der Waals surface area contributed by atoms with Crippen molar-refractivity contribution >= 4 is 0 Å². The Morgan fingerprint density at radius 2 is 1.53 bits per heavy atom. The maximum Gasteiger partial charge on any atom is 0.174 e. The minimum Gasteiger partial charge on any atom is -0.366 e. The molecule has 0 saturated heterocycles. The fraction of sp³-hybridized carbons (Fsp3) is 1.00. The summed E-state index contributed by atoms with van der Waals surface area (Å²) in [5.41, 5.74) is -0.501. The minimum atomic E-state index is -0.688. The molecule has 0 spiro atoms. The summed E-state index contributed by atoms with van der Waals surface area (Å²) >= 11 is 0. The van der Waals surface area contributed by atoms with Crippen LogP contribution in [0.15, 0.2) is 0 Å². The number of aliphatic hydroxyl groups excluding tert-OH is 1. The van der Waals surface area contributed by atoms with Gasteiger partial charge in [0, 0.05) is 0 Å². The van der Waals surface area contributed by atoms with Crippen LogP contribution in [0.1, 0.15) is 52.9 Å².